The third kappa shape index (κ3) is 3.21. The third-order valence-corrected chi connectivity index (χ3v) is 4.80. The van der Waals surface area contributed by atoms with Gasteiger partial charge in [-0.15, -0.1) is 0 Å². The molecule has 29 heavy (non-hydrogen) atoms. The fourth-order valence-electron chi connectivity index (χ4n) is 3.25. The van der Waals surface area contributed by atoms with Crippen molar-refractivity contribution in [1.29, 1.82) is 5.26 Å². The van der Waals surface area contributed by atoms with Crippen LogP contribution < -0.4 is 20.1 Å². The number of nitrogens with zero attached hydrogens (tertiary/aromatic N) is 2. The number of fused-ring (bicyclic) bond motifs is 1. The molecule has 9 nitrogen and oxygen atoms in total. The van der Waals surface area contributed by atoms with E-state index in [0.717, 1.165) is 4.90 Å². The predicted molar refractivity (Wildman–Crippen MR) is 99.9 cm³/mol. The number of urea groups is 1. The number of amides is 4. The Morgan fingerprint density at radius 2 is 2.03 bits per heavy atom. The highest BCUT2D eigenvalue weighted by Crippen LogP contribution is 2.37. The highest BCUT2D eigenvalue weighted by atomic mass is 16.7. The van der Waals surface area contributed by atoms with Crippen molar-refractivity contribution in [3.63, 3.8) is 0 Å². The zero-order chi connectivity index (χ0) is 20.6. The van der Waals surface area contributed by atoms with Gasteiger partial charge in [-0.05, 0) is 42.8 Å². The van der Waals surface area contributed by atoms with Gasteiger partial charge in [-0.2, -0.15) is 5.26 Å². The second kappa shape index (κ2) is 6.83. The number of nitriles is 1. The van der Waals surface area contributed by atoms with Crippen molar-refractivity contribution in [2.45, 2.75) is 12.5 Å². The Morgan fingerprint density at radius 3 is 2.83 bits per heavy atom. The van der Waals surface area contributed by atoms with Gasteiger partial charge in [-0.3, -0.25) is 14.5 Å². The number of carbonyl (C=O) groups is 3. The minimum absolute atomic E-state index is 0.0924. The molecule has 1 fully saturated rings. The Bertz CT molecular complexity index is 1080. The lowest BCUT2D eigenvalue weighted by atomic mass is 9.91. The molecule has 9 heteroatoms. The highest BCUT2D eigenvalue weighted by molar-refractivity contribution is 6.10. The van der Waals surface area contributed by atoms with E-state index in [2.05, 4.69) is 10.6 Å². The number of benzene rings is 2. The van der Waals surface area contributed by atoms with Crippen LogP contribution in [-0.2, 0) is 15.1 Å². The zero-order valence-electron chi connectivity index (χ0n) is 15.4. The van der Waals surface area contributed by atoms with Crippen LogP contribution in [0, 0.1) is 11.3 Å². The number of hydrogen-bond acceptors (Lipinski definition) is 6. The van der Waals surface area contributed by atoms with Gasteiger partial charge in [-0.25, -0.2) is 4.79 Å². The lowest BCUT2D eigenvalue weighted by Crippen LogP contribution is -2.42. The van der Waals surface area contributed by atoms with Crippen LogP contribution in [0.2, 0.25) is 0 Å². The average molecular weight is 392 g/mol. The van der Waals surface area contributed by atoms with Crippen LogP contribution in [-0.4, -0.2) is 36.1 Å². The summed E-state index contributed by atoms with van der Waals surface area (Å²) in [6.07, 6.45) is 0. The summed E-state index contributed by atoms with van der Waals surface area (Å²) in [7, 11) is 0. The van der Waals surface area contributed by atoms with Crippen LogP contribution >= 0.6 is 0 Å². The second-order valence-electron chi connectivity index (χ2n) is 6.76. The molecule has 2 aliphatic rings. The van der Waals surface area contributed by atoms with Gasteiger partial charge in [0.05, 0.1) is 11.6 Å². The quantitative estimate of drug-likeness (QED) is 0.764. The Kier molecular flexibility index (Phi) is 4.31. The van der Waals surface area contributed by atoms with Gasteiger partial charge in [-0.1, -0.05) is 12.1 Å². The molecule has 0 saturated carbocycles. The first-order valence-corrected chi connectivity index (χ1v) is 8.75. The van der Waals surface area contributed by atoms with Crippen LogP contribution in [0.25, 0.3) is 0 Å². The molecule has 2 N–H and O–H groups in total. The molecule has 4 rings (SSSR count). The van der Waals surface area contributed by atoms with E-state index >= 15 is 0 Å². The molecule has 1 atom stereocenters. The van der Waals surface area contributed by atoms with Crippen molar-refractivity contribution in [2.75, 3.05) is 18.7 Å². The molecule has 2 aromatic rings. The minimum Gasteiger partial charge on any atom is -0.454 e. The third-order valence-electron chi connectivity index (χ3n) is 4.80. The molecule has 0 bridgehead atoms. The topological polar surface area (TPSA) is 121 Å². The lowest BCUT2D eigenvalue weighted by Gasteiger charge is -2.22. The Hall–Kier alpha value is -4.06. The predicted octanol–water partition coefficient (Wildman–Crippen LogP) is 1.69. The summed E-state index contributed by atoms with van der Waals surface area (Å²) in [5, 5.41) is 14.2. The van der Waals surface area contributed by atoms with Crippen LogP contribution in [0.1, 0.15) is 18.1 Å². The molecule has 0 aromatic heterocycles. The van der Waals surface area contributed by atoms with Crippen molar-refractivity contribution in [3.8, 4) is 17.6 Å². The maximum Gasteiger partial charge on any atom is 0.325 e. The lowest BCUT2D eigenvalue weighted by molar-refractivity contribution is -0.133. The van der Waals surface area contributed by atoms with Crippen molar-refractivity contribution in [2.24, 2.45) is 0 Å². The Labute approximate surface area is 165 Å². The van der Waals surface area contributed by atoms with Gasteiger partial charge in [0.2, 0.25) is 12.7 Å². The number of rotatable bonds is 4. The fraction of sp³-hybridized carbons (Fsp3) is 0.200. The normalized spacial score (nSPS) is 19.7. The first kappa shape index (κ1) is 18.3. The molecule has 1 saturated heterocycles. The van der Waals surface area contributed by atoms with Gasteiger partial charge in [0, 0.05) is 5.69 Å². The highest BCUT2D eigenvalue weighted by Gasteiger charge is 2.49. The van der Waals surface area contributed by atoms with Gasteiger partial charge >= 0.3 is 6.03 Å². The van der Waals surface area contributed by atoms with Crippen LogP contribution in [0.3, 0.4) is 0 Å². The zero-order valence-corrected chi connectivity index (χ0v) is 15.4. The molecular formula is C20H16N4O5. The number of nitrogens with one attached hydrogen (secondary N) is 2. The number of imide groups is 1. The summed E-state index contributed by atoms with van der Waals surface area (Å²) in [5.41, 5.74) is -0.0310. The van der Waals surface area contributed by atoms with Gasteiger partial charge < -0.3 is 20.1 Å². The first-order chi connectivity index (χ1) is 13.9. The summed E-state index contributed by atoms with van der Waals surface area (Å²) in [6.45, 7) is 1.20. The van der Waals surface area contributed by atoms with Crippen molar-refractivity contribution < 1.29 is 23.9 Å². The summed E-state index contributed by atoms with van der Waals surface area (Å²) >= 11 is 0. The molecule has 0 unspecified atom stereocenters. The molecule has 0 radical (unpaired) electrons. The van der Waals surface area contributed by atoms with E-state index < -0.39 is 29.9 Å². The largest absolute Gasteiger partial charge is 0.454 e. The number of ether oxygens (including phenoxy) is 2. The van der Waals surface area contributed by atoms with Crippen molar-refractivity contribution in [3.05, 3.63) is 53.6 Å². The van der Waals surface area contributed by atoms with Crippen LogP contribution in [0.5, 0.6) is 11.5 Å². The first-order valence-electron chi connectivity index (χ1n) is 8.75. The molecule has 2 heterocycles. The molecular weight excluding hydrogens is 376 g/mol. The molecule has 0 spiro atoms. The Balaban J connectivity index is 1.50. The van der Waals surface area contributed by atoms with Crippen molar-refractivity contribution in [1.82, 2.24) is 10.2 Å². The van der Waals surface area contributed by atoms with Gasteiger partial charge in [0.15, 0.2) is 11.5 Å². The second-order valence-corrected chi connectivity index (χ2v) is 6.76. The summed E-state index contributed by atoms with van der Waals surface area (Å²) in [4.78, 5) is 38.6. The monoisotopic (exact) mass is 392 g/mol. The summed E-state index contributed by atoms with van der Waals surface area (Å²) in [6, 6.07) is 12.6. The standard InChI is InChI=1S/C20H16N4O5/c1-20(13-5-6-15-16(8-13)29-11-28-15)18(26)24(19(27)23-20)10-17(25)22-14-4-2-3-12(7-14)9-21/h2-8H,10-11H2,1H3,(H,22,25)(H,23,27)/t20-/m0/s1. The fourth-order valence-corrected chi connectivity index (χ4v) is 3.25. The maximum atomic E-state index is 13.0. The van der Waals surface area contributed by atoms with Gasteiger partial charge in [0.1, 0.15) is 12.1 Å². The van der Waals surface area contributed by atoms with E-state index in [0.29, 0.717) is 28.3 Å². The maximum absolute atomic E-state index is 13.0. The summed E-state index contributed by atoms with van der Waals surface area (Å²) < 4.78 is 10.6. The van der Waals surface area contributed by atoms with E-state index in [1.807, 2.05) is 6.07 Å². The van der Waals surface area contributed by atoms with Crippen LogP contribution in [0.4, 0.5) is 10.5 Å². The van der Waals surface area contributed by atoms with E-state index in [1.165, 1.54) is 6.07 Å². The smallest absolute Gasteiger partial charge is 0.325 e. The Morgan fingerprint density at radius 1 is 1.24 bits per heavy atom. The average Bonchev–Trinajstić information content (AvgIpc) is 3.26. The molecule has 2 aromatic carbocycles. The molecule has 146 valence electrons. The minimum atomic E-state index is -1.33. The molecule has 0 aliphatic carbocycles. The van der Waals surface area contributed by atoms with E-state index in [9.17, 15) is 14.4 Å². The SMILES string of the molecule is C[C@@]1(c2ccc3c(c2)OCO3)NC(=O)N(CC(=O)Nc2cccc(C#N)c2)C1=O. The van der Waals surface area contributed by atoms with Crippen LogP contribution in [0.15, 0.2) is 42.5 Å². The molecule has 2 aliphatic heterocycles. The number of anilines is 1. The van der Waals surface area contributed by atoms with E-state index in [4.69, 9.17) is 14.7 Å². The summed E-state index contributed by atoms with van der Waals surface area (Å²) in [5.74, 6) is -0.0647. The van der Waals surface area contributed by atoms with Crippen molar-refractivity contribution >= 4 is 23.5 Å². The number of carbonyl (C=O) groups excluding carboxylic acids is 3. The van der Waals surface area contributed by atoms with E-state index in [1.54, 1.807) is 43.3 Å². The number of hydrogen-bond donors (Lipinski definition) is 2. The molecule has 4 amide bonds. The van der Waals surface area contributed by atoms with Gasteiger partial charge in [0.25, 0.3) is 5.91 Å². The van der Waals surface area contributed by atoms with E-state index in [-0.39, 0.29) is 6.79 Å².